The molecule has 0 atom stereocenters. The summed E-state index contributed by atoms with van der Waals surface area (Å²) in [7, 11) is 1.48. The third kappa shape index (κ3) is 8.51. The summed E-state index contributed by atoms with van der Waals surface area (Å²) in [5.41, 5.74) is -0.0802. The van der Waals surface area contributed by atoms with E-state index in [1.807, 2.05) is 0 Å². The Labute approximate surface area is 306 Å². The van der Waals surface area contributed by atoms with Gasteiger partial charge in [0.05, 0.1) is 19.2 Å². The Kier molecular flexibility index (Phi) is 11.8. The second-order valence-corrected chi connectivity index (χ2v) is 10.7. The van der Waals surface area contributed by atoms with Crippen molar-refractivity contribution in [2.24, 2.45) is 5.41 Å². The zero-order chi connectivity index (χ0) is 31.3. The summed E-state index contributed by atoms with van der Waals surface area (Å²) in [6.45, 7) is 0.299. The molecule has 1 fully saturated rings. The molecule has 5 rings (SSSR count). The van der Waals surface area contributed by atoms with Gasteiger partial charge in [0.25, 0.3) is 0 Å². The maximum atomic E-state index is 15.2. The zero-order valence-electron chi connectivity index (χ0n) is 23.7. The number of amides is 2. The number of hydrogen-bond acceptors (Lipinski definition) is 7. The van der Waals surface area contributed by atoms with E-state index in [1.165, 1.54) is 25.4 Å². The first-order chi connectivity index (χ1) is 21.2. The van der Waals surface area contributed by atoms with E-state index in [0.717, 1.165) is 6.07 Å². The maximum absolute atomic E-state index is 15.2. The van der Waals surface area contributed by atoms with Crippen molar-refractivity contribution in [1.82, 2.24) is 4.98 Å². The van der Waals surface area contributed by atoms with Gasteiger partial charge in [0.15, 0.2) is 23.1 Å². The number of anilines is 2. The molecule has 2 amide bonds. The molecule has 1 aliphatic carbocycles. The van der Waals surface area contributed by atoms with E-state index in [9.17, 15) is 14.4 Å². The first-order valence-electron chi connectivity index (χ1n) is 13.9. The Morgan fingerprint density at radius 1 is 0.933 bits per heavy atom. The number of carbonyl (C=O) groups is 3. The summed E-state index contributed by atoms with van der Waals surface area (Å²) < 4.78 is 32.3. The normalized spacial score (nSPS) is 12.9. The summed E-state index contributed by atoms with van der Waals surface area (Å²) >= 11 is 5.98. The van der Waals surface area contributed by atoms with Gasteiger partial charge in [-0.2, -0.15) is 0 Å². The average Bonchev–Trinajstić information content (AvgIpc) is 3.80. The van der Waals surface area contributed by atoms with E-state index < -0.39 is 29.0 Å². The molecule has 230 valence electrons. The molecule has 0 radical (unpaired) electrons. The van der Waals surface area contributed by atoms with E-state index in [-0.39, 0.29) is 69.2 Å². The molecule has 1 aliphatic rings. The number of methoxy groups -OCH3 is 1. The van der Waals surface area contributed by atoms with Crippen molar-refractivity contribution in [2.45, 2.75) is 32.1 Å². The number of benzene rings is 3. The first kappa shape index (κ1) is 34.6. The van der Waals surface area contributed by atoms with E-state index >= 15 is 4.39 Å². The van der Waals surface area contributed by atoms with Crippen LogP contribution in [-0.2, 0) is 14.4 Å². The van der Waals surface area contributed by atoms with E-state index in [4.69, 9.17) is 30.9 Å². The van der Waals surface area contributed by atoms with Gasteiger partial charge in [-0.05, 0) is 68.1 Å². The quantitative estimate of drug-likeness (QED) is 0.0879. The SMILES string of the molecule is COc1cc2c(Oc3ccc(NC(=O)C4(C(=O)Nc5cccc(Cl)c5)CC4)cc3F)ccnc2cc1OCCCCC(=O)O.[KH]. The van der Waals surface area contributed by atoms with Gasteiger partial charge in [-0.15, -0.1) is 0 Å². The number of rotatable bonds is 13. The van der Waals surface area contributed by atoms with Crippen LogP contribution in [0, 0.1) is 11.2 Å². The molecular formula is C32H30ClFKN3O7. The predicted molar refractivity (Wildman–Crippen MR) is 169 cm³/mol. The average molecular weight is 662 g/mol. The van der Waals surface area contributed by atoms with Gasteiger partial charge in [0, 0.05) is 46.5 Å². The Balaban J connectivity index is 0.00000461. The molecule has 3 aromatic carbocycles. The summed E-state index contributed by atoms with van der Waals surface area (Å²) in [6.07, 6.45) is 3.34. The molecule has 45 heavy (non-hydrogen) atoms. The summed E-state index contributed by atoms with van der Waals surface area (Å²) in [4.78, 5) is 41.0. The van der Waals surface area contributed by atoms with Gasteiger partial charge in [-0.3, -0.25) is 19.4 Å². The van der Waals surface area contributed by atoms with Gasteiger partial charge in [0.1, 0.15) is 11.2 Å². The minimum absolute atomic E-state index is 0. The van der Waals surface area contributed by atoms with Crippen molar-refractivity contribution in [3.63, 3.8) is 0 Å². The van der Waals surface area contributed by atoms with Crippen LogP contribution in [0.5, 0.6) is 23.0 Å². The van der Waals surface area contributed by atoms with Gasteiger partial charge in [0.2, 0.25) is 11.8 Å². The Hall–Kier alpha value is -3.26. The van der Waals surface area contributed by atoms with Crippen molar-refractivity contribution in [3.8, 4) is 23.0 Å². The van der Waals surface area contributed by atoms with Gasteiger partial charge in [-0.25, -0.2) is 4.39 Å². The summed E-state index contributed by atoms with van der Waals surface area (Å²) in [5, 5.41) is 15.2. The van der Waals surface area contributed by atoms with Gasteiger partial charge in [-0.1, -0.05) is 17.7 Å². The fraction of sp³-hybridized carbons (Fsp3) is 0.250. The fourth-order valence-electron chi connectivity index (χ4n) is 4.58. The number of ether oxygens (including phenoxy) is 3. The number of carbonyl (C=O) groups excluding carboxylic acids is 2. The number of hydrogen-bond donors (Lipinski definition) is 3. The van der Waals surface area contributed by atoms with Crippen LogP contribution in [-0.4, -0.2) is 93.0 Å². The molecule has 1 aromatic heterocycles. The second kappa shape index (κ2) is 15.3. The summed E-state index contributed by atoms with van der Waals surface area (Å²) in [6, 6.07) is 15.5. The molecule has 0 unspecified atom stereocenters. The van der Waals surface area contributed by atoms with E-state index in [0.29, 0.717) is 71.2 Å². The number of carboxylic acid groups (broad SMARTS) is 1. The van der Waals surface area contributed by atoms with Crippen molar-refractivity contribution >= 4 is 103 Å². The fourth-order valence-corrected chi connectivity index (χ4v) is 4.77. The van der Waals surface area contributed by atoms with Crippen LogP contribution in [0.4, 0.5) is 15.8 Å². The monoisotopic (exact) mass is 661 g/mol. The van der Waals surface area contributed by atoms with Gasteiger partial charge >= 0.3 is 57.4 Å². The molecule has 1 saturated carbocycles. The number of nitrogens with one attached hydrogen (secondary N) is 2. The van der Waals surface area contributed by atoms with Crippen molar-refractivity contribution < 1.29 is 38.1 Å². The van der Waals surface area contributed by atoms with Crippen molar-refractivity contribution in [3.05, 3.63) is 77.7 Å². The van der Waals surface area contributed by atoms with Crippen LogP contribution in [0.1, 0.15) is 32.1 Å². The molecular weight excluding hydrogens is 632 g/mol. The number of pyridine rings is 1. The summed E-state index contributed by atoms with van der Waals surface area (Å²) in [5.74, 6) is -1.51. The second-order valence-electron chi connectivity index (χ2n) is 10.3. The third-order valence-corrected chi connectivity index (χ3v) is 7.38. The van der Waals surface area contributed by atoms with E-state index in [1.54, 1.807) is 42.5 Å². The van der Waals surface area contributed by atoms with Crippen LogP contribution >= 0.6 is 11.6 Å². The number of carboxylic acids is 1. The van der Waals surface area contributed by atoms with Crippen molar-refractivity contribution in [2.75, 3.05) is 24.4 Å². The number of aromatic nitrogens is 1. The van der Waals surface area contributed by atoms with Crippen molar-refractivity contribution in [1.29, 1.82) is 0 Å². The minimum atomic E-state index is -1.25. The zero-order valence-corrected chi connectivity index (χ0v) is 24.4. The van der Waals surface area contributed by atoms with Crippen LogP contribution in [0.2, 0.25) is 5.02 Å². The molecule has 0 spiro atoms. The molecule has 3 N–H and O–H groups in total. The first-order valence-corrected chi connectivity index (χ1v) is 14.2. The van der Waals surface area contributed by atoms with E-state index in [2.05, 4.69) is 15.6 Å². The van der Waals surface area contributed by atoms with Crippen LogP contribution in [0.3, 0.4) is 0 Å². The topological polar surface area (TPSA) is 136 Å². The molecule has 1 heterocycles. The number of nitrogens with zero attached hydrogens (tertiary/aromatic N) is 1. The molecule has 13 heteroatoms. The van der Waals surface area contributed by atoms with Gasteiger partial charge < -0.3 is 30.0 Å². The number of aliphatic carboxylic acids is 1. The molecule has 0 bridgehead atoms. The van der Waals surface area contributed by atoms with Crippen LogP contribution < -0.4 is 24.8 Å². The molecule has 0 saturated heterocycles. The van der Waals surface area contributed by atoms with Crippen LogP contribution in [0.25, 0.3) is 10.9 Å². The molecule has 4 aromatic rings. The number of halogens is 2. The Morgan fingerprint density at radius 3 is 2.31 bits per heavy atom. The molecule has 10 nitrogen and oxygen atoms in total. The third-order valence-electron chi connectivity index (χ3n) is 7.14. The Morgan fingerprint density at radius 2 is 1.67 bits per heavy atom. The van der Waals surface area contributed by atoms with Crippen LogP contribution in [0.15, 0.2) is 66.9 Å². The number of fused-ring (bicyclic) bond motifs is 1. The standard InChI is InChI=1S/C32H29ClFN3O7.K.H/c1-42-27-17-22-24(18-28(27)43-14-3-2-7-29(38)39)35-13-10-25(22)44-26-9-8-21(16-23(26)34)37-31(41)32(11-12-32)30(40)36-20-6-4-5-19(33)15-20;;/h4-6,8-10,13,15-18H,2-3,7,11-12,14H2,1H3,(H,36,40)(H,37,41)(H,38,39);;. The predicted octanol–water partition coefficient (Wildman–Crippen LogP) is 6.17. The molecule has 0 aliphatic heterocycles. The Bertz CT molecular complexity index is 1730. The number of unbranched alkanes of at least 4 members (excludes halogenated alkanes) is 1.